The highest BCUT2D eigenvalue weighted by Crippen LogP contribution is 2.27. The predicted octanol–water partition coefficient (Wildman–Crippen LogP) is 2.00. The topological polar surface area (TPSA) is 32.3 Å². The molecule has 1 atom stereocenters. The lowest BCUT2D eigenvalue weighted by Gasteiger charge is -2.31. The lowest BCUT2D eigenvalue weighted by molar-refractivity contribution is 0.0674. The molecule has 3 nitrogen and oxygen atoms in total. The van der Waals surface area contributed by atoms with Crippen molar-refractivity contribution in [3.8, 4) is 0 Å². The molecule has 1 aromatic rings. The van der Waals surface area contributed by atoms with Crippen LogP contribution in [-0.2, 0) is 6.54 Å². The Hall–Kier alpha value is -0.620. The van der Waals surface area contributed by atoms with E-state index < -0.39 is 0 Å². The van der Waals surface area contributed by atoms with Gasteiger partial charge in [-0.25, -0.2) is 0 Å². The average molecular weight is 342 g/mol. The molecule has 0 bridgehead atoms. The second kappa shape index (κ2) is 4.57. The van der Waals surface area contributed by atoms with Gasteiger partial charge in [0.15, 0.2) is 0 Å². The summed E-state index contributed by atoms with van der Waals surface area (Å²) in [4.78, 5) is 14.3. The van der Waals surface area contributed by atoms with Gasteiger partial charge in [0, 0.05) is 28.3 Å². The zero-order valence-electron chi connectivity index (χ0n) is 9.58. The maximum atomic E-state index is 12.3. The highest BCUT2D eigenvalue weighted by atomic mass is 127. The van der Waals surface area contributed by atoms with Crippen LogP contribution in [0.25, 0.3) is 0 Å². The molecule has 2 heterocycles. The van der Waals surface area contributed by atoms with Crippen molar-refractivity contribution in [2.45, 2.75) is 25.4 Å². The van der Waals surface area contributed by atoms with E-state index in [-0.39, 0.29) is 5.91 Å². The highest BCUT2D eigenvalue weighted by molar-refractivity contribution is 14.1. The molecule has 90 valence electrons. The number of halogens is 1. The molecule has 4 heteroatoms. The molecule has 0 aliphatic carbocycles. The lowest BCUT2D eigenvalue weighted by Crippen LogP contribution is -2.46. The van der Waals surface area contributed by atoms with E-state index >= 15 is 0 Å². The lowest BCUT2D eigenvalue weighted by atomic mass is 10.1. The van der Waals surface area contributed by atoms with Gasteiger partial charge in [0.05, 0.1) is 0 Å². The molecule has 17 heavy (non-hydrogen) atoms. The van der Waals surface area contributed by atoms with Gasteiger partial charge < -0.3 is 10.2 Å². The van der Waals surface area contributed by atoms with Crippen LogP contribution in [0.2, 0.25) is 0 Å². The van der Waals surface area contributed by atoms with Crippen LogP contribution < -0.4 is 5.32 Å². The van der Waals surface area contributed by atoms with Crippen LogP contribution in [0, 0.1) is 3.57 Å². The Morgan fingerprint density at radius 1 is 1.41 bits per heavy atom. The fourth-order valence-corrected chi connectivity index (χ4v) is 3.26. The number of nitrogens with one attached hydrogen (secondary N) is 1. The summed E-state index contributed by atoms with van der Waals surface area (Å²) in [5.74, 6) is 0.213. The van der Waals surface area contributed by atoms with Gasteiger partial charge in [-0.05, 0) is 65.7 Å². The third-order valence-corrected chi connectivity index (χ3v) is 4.28. The van der Waals surface area contributed by atoms with Gasteiger partial charge in [0.25, 0.3) is 5.91 Å². The maximum absolute atomic E-state index is 12.3. The normalized spacial score (nSPS) is 23.9. The van der Waals surface area contributed by atoms with Gasteiger partial charge in [0.1, 0.15) is 0 Å². The number of fused-ring (bicyclic) bond motifs is 1. The van der Waals surface area contributed by atoms with Gasteiger partial charge in [-0.3, -0.25) is 4.79 Å². The minimum atomic E-state index is 0.213. The van der Waals surface area contributed by atoms with E-state index in [1.807, 2.05) is 17.0 Å². The Morgan fingerprint density at radius 2 is 2.29 bits per heavy atom. The predicted molar refractivity (Wildman–Crippen MR) is 74.9 cm³/mol. The second-order valence-corrected chi connectivity index (χ2v) is 5.98. The molecule has 1 N–H and O–H groups in total. The fraction of sp³-hybridized carbons (Fsp3) is 0.462. The van der Waals surface area contributed by atoms with Crippen LogP contribution in [0.15, 0.2) is 18.2 Å². The first-order valence-electron chi connectivity index (χ1n) is 6.06. The summed E-state index contributed by atoms with van der Waals surface area (Å²) in [5.41, 5.74) is 2.09. The number of hydrogen-bond donors (Lipinski definition) is 1. The number of nitrogens with zero attached hydrogens (tertiary/aromatic N) is 1. The van der Waals surface area contributed by atoms with Gasteiger partial charge >= 0.3 is 0 Å². The summed E-state index contributed by atoms with van der Waals surface area (Å²) >= 11 is 2.30. The third-order valence-electron chi connectivity index (χ3n) is 3.61. The molecule has 0 aromatic heterocycles. The van der Waals surface area contributed by atoms with Crippen LogP contribution in [-0.4, -0.2) is 29.9 Å². The van der Waals surface area contributed by atoms with Crippen molar-refractivity contribution < 1.29 is 4.79 Å². The van der Waals surface area contributed by atoms with Crippen LogP contribution in [0.4, 0.5) is 0 Å². The van der Waals surface area contributed by atoms with Crippen molar-refractivity contribution in [1.82, 2.24) is 10.2 Å². The van der Waals surface area contributed by atoms with E-state index in [9.17, 15) is 4.79 Å². The number of hydrogen-bond acceptors (Lipinski definition) is 2. The molecular formula is C13H15IN2O. The fourth-order valence-electron chi connectivity index (χ4n) is 2.71. The van der Waals surface area contributed by atoms with E-state index in [2.05, 4.69) is 34.0 Å². The quantitative estimate of drug-likeness (QED) is 0.792. The van der Waals surface area contributed by atoms with E-state index in [1.165, 1.54) is 15.6 Å². The van der Waals surface area contributed by atoms with Crippen molar-refractivity contribution in [1.29, 1.82) is 0 Å². The Balaban J connectivity index is 1.85. The summed E-state index contributed by atoms with van der Waals surface area (Å²) in [6.45, 7) is 2.82. The molecule has 0 spiro atoms. The molecule has 3 rings (SSSR count). The summed E-state index contributed by atoms with van der Waals surface area (Å²) in [7, 11) is 0. The van der Waals surface area contributed by atoms with E-state index in [1.54, 1.807) is 0 Å². The molecule has 2 aliphatic heterocycles. The first-order valence-corrected chi connectivity index (χ1v) is 7.14. The Morgan fingerprint density at radius 3 is 3.06 bits per heavy atom. The van der Waals surface area contributed by atoms with E-state index in [0.29, 0.717) is 6.04 Å². The largest absolute Gasteiger partial charge is 0.330 e. The molecule has 1 saturated heterocycles. The molecule has 1 unspecified atom stereocenters. The minimum absolute atomic E-state index is 0.213. The number of piperidine rings is 1. The number of carbonyl (C=O) groups excluding carboxylic acids is 1. The Labute approximate surface area is 115 Å². The minimum Gasteiger partial charge on any atom is -0.330 e. The first-order chi connectivity index (χ1) is 8.25. The highest BCUT2D eigenvalue weighted by Gasteiger charge is 2.33. The second-order valence-electron chi connectivity index (χ2n) is 4.73. The smallest absolute Gasteiger partial charge is 0.254 e. The van der Waals surface area contributed by atoms with Crippen LogP contribution >= 0.6 is 22.6 Å². The zero-order valence-corrected chi connectivity index (χ0v) is 11.7. The number of amides is 1. The van der Waals surface area contributed by atoms with Crippen molar-refractivity contribution in [2.24, 2.45) is 0 Å². The Bertz CT molecular complexity index is 455. The SMILES string of the molecule is O=C1c2ccc(I)cc2CN1C1CCCNC1. The molecule has 1 fully saturated rings. The van der Waals surface area contributed by atoms with Gasteiger partial charge in [-0.15, -0.1) is 0 Å². The molecule has 0 radical (unpaired) electrons. The van der Waals surface area contributed by atoms with Gasteiger partial charge in [0.2, 0.25) is 0 Å². The molecule has 1 amide bonds. The average Bonchev–Trinajstić information content (AvgIpc) is 2.67. The molecule has 0 saturated carbocycles. The van der Waals surface area contributed by atoms with Crippen molar-refractivity contribution in [3.05, 3.63) is 32.9 Å². The summed E-state index contributed by atoms with van der Waals surface area (Å²) < 4.78 is 1.21. The zero-order chi connectivity index (χ0) is 11.8. The van der Waals surface area contributed by atoms with E-state index in [0.717, 1.165) is 31.6 Å². The monoisotopic (exact) mass is 342 g/mol. The van der Waals surface area contributed by atoms with Crippen LogP contribution in [0.1, 0.15) is 28.8 Å². The summed E-state index contributed by atoms with van der Waals surface area (Å²) in [6, 6.07) is 6.49. The van der Waals surface area contributed by atoms with Crippen LogP contribution in [0.5, 0.6) is 0 Å². The Kier molecular flexibility index (Phi) is 3.08. The molecular weight excluding hydrogens is 327 g/mol. The third kappa shape index (κ3) is 2.08. The van der Waals surface area contributed by atoms with Crippen molar-refractivity contribution in [2.75, 3.05) is 13.1 Å². The van der Waals surface area contributed by atoms with E-state index in [4.69, 9.17) is 0 Å². The number of benzene rings is 1. The van der Waals surface area contributed by atoms with Crippen LogP contribution in [0.3, 0.4) is 0 Å². The number of rotatable bonds is 1. The first kappa shape index (κ1) is 11.5. The summed E-state index contributed by atoms with van der Waals surface area (Å²) in [5, 5.41) is 3.38. The van der Waals surface area contributed by atoms with Crippen molar-refractivity contribution >= 4 is 28.5 Å². The van der Waals surface area contributed by atoms with Gasteiger partial charge in [-0.2, -0.15) is 0 Å². The molecule has 2 aliphatic rings. The standard InChI is InChI=1S/C13H15IN2O/c14-10-3-4-12-9(6-10)8-16(13(12)17)11-2-1-5-15-7-11/h3-4,6,11,15H,1-2,5,7-8H2. The molecule has 1 aromatic carbocycles. The van der Waals surface area contributed by atoms with Crippen molar-refractivity contribution in [3.63, 3.8) is 0 Å². The number of carbonyl (C=O) groups is 1. The maximum Gasteiger partial charge on any atom is 0.254 e. The van der Waals surface area contributed by atoms with Gasteiger partial charge in [-0.1, -0.05) is 0 Å². The summed E-state index contributed by atoms with van der Waals surface area (Å²) in [6.07, 6.45) is 2.30.